The predicted octanol–water partition coefficient (Wildman–Crippen LogP) is 3.29. The van der Waals surface area contributed by atoms with Crippen LogP contribution in [0.4, 0.5) is 14.9 Å². The van der Waals surface area contributed by atoms with Crippen molar-refractivity contribution in [2.75, 3.05) is 63.8 Å². The van der Waals surface area contributed by atoms with E-state index in [9.17, 15) is 18.5 Å². The van der Waals surface area contributed by atoms with Gasteiger partial charge in [0.25, 0.3) is 15.9 Å². The number of carbonyl (C=O) groups excluding carboxylic acids is 2. The van der Waals surface area contributed by atoms with Crippen LogP contribution in [0.25, 0.3) is 0 Å². The highest BCUT2D eigenvalue weighted by atomic mass is 32.2. The fourth-order valence-electron chi connectivity index (χ4n) is 7.08. The normalized spacial score (nSPS) is 20.3. The highest BCUT2D eigenvalue weighted by Gasteiger charge is 2.59. The van der Waals surface area contributed by atoms with Crippen molar-refractivity contribution in [2.45, 2.75) is 43.2 Å². The van der Waals surface area contributed by atoms with Crippen LogP contribution in [0.3, 0.4) is 0 Å². The fraction of sp³-hybridized carbons (Fsp3) is 0.429. The molecule has 1 atom stereocenters. The average Bonchev–Trinajstić information content (AvgIpc) is 3.38. The number of nitrogens with zero attached hydrogens (tertiary/aromatic N) is 6. The zero-order chi connectivity index (χ0) is 35.6. The number of piperazine rings is 1. The van der Waals surface area contributed by atoms with Gasteiger partial charge < -0.3 is 24.6 Å². The highest BCUT2D eigenvalue weighted by Crippen LogP contribution is 2.49. The molecule has 1 N–H and O–H groups in total. The van der Waals surface area contributed by atoms with Gasteiger partial charge in [-0.3, -0.25) is 9.69 Å². The molecular weight excluding hydrogens is 665 g/mol. The Hall–Kier alpha value is -4.78. The summed E-state index contributed by atoms with van der Waals surface area (Å²) in [7, 11) is -3.28. The SMILES string of the molecule is CCOc1ncccc1C1(NC(=O)N2CCC(N3CCN(CC)CC3)CC2)C(=O)N(S(=O)(=O)c2ccc(OC)cc2)c2cc(F)c(C#N)cc21. The number of likely N-dealkylation sites (tertiary alicyclic amines) is 1. The molecule has 50 heavy (non-hydrogen) atoms. The third-order valence-electron chi connectivity index (χ3n) is 9.80. The van der Waals surface area contributed by atoms with Gasteiger partial charge in [0.05, 0.1) is 35.4 Å². The van der Waals surface area contributed by atoms with Crippen molar-refractivity contribution in [3.63, 3.8) is 0 Å². The molecule has 13 nitrogen and oxygen atoms in total. The number of anilines is 1. The number of carbonyl (C=O) groups is 2. The second-order valence-corrected chi connectivity index (χ2v) is 14.2. The van der Waals surface area contributed by atoms with Crippen molar-refractivity contribution in [2.24, 2.45) is 0 Å². The van der Waals surface area contributed by atoms with Crippen molar-refractivity contribution in [3.05, 3.63) is 77.2 Å². The minimum Gasteiger partial charge on any atom is -0.497 e. The number of hydrogen-bond donors (Lipinski definition) is 1. The van der Waals surface area contributed by atoms with E-state index in [0.29, 0.717) is 29.2 Å². The number of nitriles is 1. The van der Waals surface area contributed by atoms with Gasteiger partial charge in [-0.1, -0.05) is 6.92 Å². The van der Waals surface area contributed by atoms with Crippen LogP contribution in [0.15, 0.2) is 59.6 Å². The van der Waals surface area contributed by atoms with Gasteiger partial charge in [-0.25, -0.2) is 22.6 Å². The summed E-state index contributed by atoms with van der Waals surface area (Å²) in [6, 6.07) is 11.8. The molecule has 4 heterocycles. The molecule has 264 valence electrons. The minimum absolute atomic E-state index is 0.0352. The molecular formula is C35H40FN7O6S. The Morgan fingerprint density at radius 1 is 1.06 bits per heavy atom. The van der Waals surface area contributed by atoms with Crippen molar-refractivity contribution in [3.8, 4) is 17.7 Å². The Labute approximate surface area is 291 Å². The number of pyridine rings is 1. The number of urea groups is 1. The standard InChI is InChI=1S/C35H40FN7O6S/c1-4-40-17-19-41(20-18-40)25-12-15-42(16-13-25)34(45)39-35(28-7-6-14-38-32(28)49-5-2)29-21-24(23-37)30(36)22-31(29)43(33(35)44)50(46,47)27-10-8-26(48-3)9-11-27/h6-11,14,21-22,25H,4-5,12-13,15-20H2,1-3H3,(H,39,45). The summed E-state index contributed by atoms with van der Waals surface area (Å²) in [6.45, 7) is 9.71. The van der Waals surface area contributed by atoms with Gasteiger partial charge in [0.15, 0.2) is 5.54 Å². The molecule has 2 fully saturated rings. The van der Waals surface area contributed by atoms with E-state index in [4.69, 9.17) is 9.47 Å². The van der Waals surface area contributed by atoms with Gasteiger partial charge in [-0.2, -0.15) is 9.57 Å². The van der Waals surface area contributed by atoms with Gasteiger partial charge >= 0.3 is 6.03 Å². The van der Waals surface area contributed by atoms with Crippen LogP contribution < -0.4 is 19.1 Å². The number of ether oxygens (including phenoxy) is 2. The lowest BCUT2D eigenvalue weighted by molar-refractivity contribution is -0.121. The molecule has 1 unspecified atom stereocenters. The maximum absolute atomic E-state index is 15.4. The summed E-state index contributed by atoms with van der Waals surface area (Å²) in [5.74, 6) is -1.80. The third-order valence-corrected chi connectivity index (χ3v) is 11.5. The molecule has 1 aromatic heterocycles. The zero-order valence-corrected chi connectivity index (χ0v) is 29.1. The van der Waals surface area contributed by atoms with Crippen molar-refractivity contribution in [1.29, 1.82) is 5.26 Å². The number of aromatic nitrogens is 1. The summed E-state index contributed by atoms with van der Waals surface area (Å²) < 4.78 is 55.5. The first-order valence-corrected chi connectivity index (χ1v) is 18.1. The lowest BCUT2D eigenvalue weighted by Gasteiger charge is -2.43. The van der Waals surface area contributed by atoms with Crippen LogP contribution in [0.2, 0.25) is 0 Å². The molecule has 3 aliphatic rings. The Morgan fingerprint density at radius 3 is 2.38 bits per heavy atom. The van der Waals surface area contributed by atoms with Crippen molar-refractivity contribution in [1.82, 2.24) is 25.0 Å². The molecule has 2 saturated heterocycles. The number of benzene rings is 2. The Morgan fingerprint density at radius 2 is 1.76 bits per heavy atom. The summed E-state index contributed by atoms with van der Waals surface area (Å²) in [4.78, 5) is 39.8. The van der Waals surface area contributed by atoms with Gasteiger partial charge in [0.1, 0.15) is 17.6 Å². The molecule has 0 bridgehead atoms. The van der Waals surface area contributed by atoms with Crippen LogP contribution in [0, 0.1) is 17.1 Å². The zero-order valence-electron chi connectivity index (χ0n) is 28.3. The molecule has 0 spiro atoms. The van der Waals surface area contributed by atoms with E-state index in [0.717, 1.165) is 57.7 Å². The predicted molar refractivity (Wildman–Crippen MR) is 182 cm³/mol. The quantitative estimate of drug-likeness (QED) is 0.352. The van der Waals surface area contributed by atoms with Crippen LogP contribution in [0.1, 0.15) is 43.4 Å². The van der Waals surface area contributed by atoms with Crippen molar-refractivity contribution < 1.29 is 31.9 Å². The maximum Gasteiger partial charge on any atom is 0.318 e. The topological polar surface area (TPSA) is 148 Å². The van der Waals surface area contributed by atoms with E-state index in [1.54, 1.807) is 17.9 Å². The highest BCUT2D eigenvalue weighted by molar-refractivity contribution is 7.93. The number of halogens is 1. The first kappa shape index (κ1) is 35.1. The largest absolute Gasteiger partial charge is 0.497 e. The molecule has 0 radical (unpaired) electrons. The summed E-state index contributed by atoms with van der Waals surface area (Å²) in [5.41, 5.74) is -3.13. The molecule has 0 aliphatic carbocycles. The second-order valence-electron chi connectivity index (χ2n) is 12.4. The summed E-state index contributed by atoms with van der Waals surface area (Å²) >= 11 is 0. The second kappa shape index (κ2) is 14.2. The monoisotopic (exact) mass is 705 g/mol. The molecule has 15 heteroatoms. The van der Waals surface area contributed by atoms with Crippen LogP contribution in [-0.4, -0.2) is 106 Å². The number of hydrogen-bond acceptors (Lipinski definition) is 10. The van der Waals surface area contributed by atoms with E-state index in [-0.39, 0.29) is 34.2 Å². The Balaban J connectivity index is 1.43. The molecule has 3 amide bonds. The molecule has 2 aromatic carbocycles. The number of piperidine rings is 1. The number of fused-ring (bicyclic) bond motifs is 1. The van der Waals surface area contributed by atoms with Gasteiger partial charge in [-0.05, 0) is 68.8 Å². The maximum atomic E-state index is 15.4. The van der Waals surface area contributed by atoms with E-state index < -0.39 is 38.9 Å². The smallest absolute Gasteiger partial charge is 0.318 e. The number of rotatable bonds is 9. The fourth-order valence-corrected chi connectivity index (χ4v) is 8.54. The number of amides is 3. The molecule has 3 aliphatic heterocycles. The number of sulfonamides is 1. The molecule has 3 aromatic rings. The first-order valence-electron chi connectivity index (χ1n) is 16.7. The van der Waals surface area contributed by atoms with Crippen molar-refractivity contribution >= 4 is 27.6 Å². The Kier molecular flexibility index (Phi) is 9.97. The summed E-state index contributed by atoms with van der Waals surface area (Å²) in [5, 5.41) is 12.7. The van der Waals surface area contributed by atoms with E-state index in [1.807, 2.05) is 0 Å². The lowest BCUT2D eigenvalue weighted by atomic mass is 9.83. The third kappa shape index (κ3) is 6.12. The number of methoxy groups -OCH3 is 1. The number of nitrogens with one attached hydrogen (secondary N) is 1. The van der Waals surface area contributed by atoms with Gasteiger partial charge in [-0.15, -0.1) is 0 Å². The molecule has 6 rings (SSSR count). The summed E-state index contributed by atoms with van der Waals surface area (Å²) in [6.07, 6.45) is 2.87. The number of likely N-dealkylation sites (N-methyl/N-ethyl adjacent to an activating group) is 1. The van der Waals surface area contributed by atoms with Crippen LogP contribution in [0.5, 0.6) is 11.6 Å². The average molecular weight is 706 g/mol. The lowest BCUT2D eigenvalue weighted by Crippen LogP contribution is -2.59. The van der Waals surface area contributed by atoms with E-state index >= 15 is 9.18 Å². The minimum atomic E-state index is -4.71. The van der Waals surface area contributed by atoms with Crippen LogP contribution >= 0.6 is 0 Å². The molecule has 0 saturated carbocycles. The van der Waals surface area contributed by atoms with Gasteiger partial charge in [0, 0.05) is 63.1 Å². The first-order chi connectivity index (χ1) is 24.1. The van der Waals surface area contributed by atoms with Gasteiger partial charge in [0.2, 0.25) is 5.88 Å². The van der Waals surface area contributed by atoms with E-state index in [2.05, 4.69) is 27.0 Å². The Bertz CT molecular complexity index is 1910. The van der Waals surface area contributed by atoms with E-state index in [1.165, 1.54) is 49.7 Å². The van der Waals surface area contributed by atoms with Crippen LogP contribution in [-0.2, 0) is 20.4 Å².